The first-order valence-corrected chi connectivity index (χ1v) is 10.0. The van der Waals surface area contributed by atoms with Gasteiger partial charge in [-0.2, -0.15) is 0 Å². The van der Waals surface area contributed by atoms with Crippen molar-refractivity contribution in [1.82, 2.24) is 9.55 Å². The van der Waals surface area contributed by atoms with Gasteiger partial charge in [0, 0.05) is 5.69 Å². The molecule has 0 unspecified atom stereocenters. The Morgan fingerprint density at radius 3 is 2.34 bits per heavy atom. The van der Waals surface area contributed by atoms with E-state index >= 15 is 0 Å². The van der Waals surface area contributed by atoms with Gasteiger partial charge in [-0.3, -0.25) is 14.2 Å². The molecule has 32 heavy (non-hydrogen) atoms. The number of ether oxygens (including phenoxy) is 1. The Morgan fingerprint density at radius 1 is 0.938 bits per heavy atom. The molecular formula is C25H21N3O4. The molecule has 0 spiro atoms. The van der Waals surface area contributed by atoms with Gasteiger partial charge in [-0.1, -0.05) is 29.8 Å². The van der Waals surface area contributed by atoms with E-state index in [-0.39, 0.29) is 11.1 Å². The fourth-order valence-corrected chi connectivity index (χ4v) is 3.34. The van der Waals surface area contributed by atoms with Gasteiger partial charge in [-0.05, 0) is 62.4 Å². The van der Waals surface area contributed by atoms with E-state index in [1.165, 1.54) is 4.57 Å². The molecule has 0 aliphatic heterocycles. The highest BCUT2D eigenvalue weighted by Gasteiger charge is 2.13. The number of carbonyl (C=O) groups excluding carboxylic acids is 2. The minimum Gasteiger partial charge on any atom is -0.452 e. The summed E-state index contributed by atoms with van der Waals surface area (Å²) in [5.41, 5.74) is 3.02. The number of aryl methyl sites for hydroxylation is 2. The van der Waals surface area contributed by atoms with Crippen molar-refractivity contribution in [2.24, 2.45) is 0 Å². The fourth-order valence-electron chi connectivity index (χ4n) is 3.34. The van der Waals surface area contributed by atoms with Crippen molar-refractivity contribution in [3.05, 3.63) is 100 Å². The number of fused-ring (bicyclic) bond motifs is 1. The summed E-state index contributed by atoms with van der Waals surface area (Å²) in [4.78, 5) is 41.7. The number of anilines is 1. The summed E-state index contributed by atoms with van der Waals surface area (Å²) < 4.78 is 6.60. The minimum absolute atomic E-state index is 0.184. The third-order valence-electron chi connectivity index (χ3n) is 4.97. The van der Waals surface area contributed by atoms with Crippen LogP contribution in [-0.2, 0) is 9.53 Å². The molecule has 1 amide bonds. The zero-order chi connectivity index (χ0) is 22.7. The number of aromatic nitrogens is 2. The number of rotatable bonds is 5. The van der Waals surface area contributed by atoms with Crippen LogP contribution in [0.3, 0.4) is 0 Å². The molecule has 1 aromatic heterocycles. The zero-order valence-electron chi connectivity index (χ0n) is 17.7. The van der Waals surface area contributed by atoms with Crippen LogP contribution < -0.4 is 10.9 Å². The lowest BCUT2D eigenvalue weighted by Gasteiger charge is -2.11. The molecule has 0 fully saturated rings. The predicted octanol–water partition coefficient (Wildman–Crippen LogP) is 3.80. The van der Waals surface area contributed by atoms with E-state index in [4.69, 9.17) is 4.74 Å². The Labute approximate surface area is 184 Å². The first-order chi connectivity index (χ1) is 15.4. The Morgan fingerprint density at radius 2 is 1.62 bits per heavy atom. The lowest BCUT2D eigenvalue weighted by atomic mass is 10.2. The number of carbonyl (C=O) groups is 2. The highest BCUT2D eigenvalue weighted by Crippen LogP contribution is 2.14. The van der Waals surface area contributed by atoms with E-state index in [0.29, 0.717) is 28.1 Å². The molecule has 160 valence electrons. The van der Waals surface area contributed by atoms with E-state index in [2.05, 4.69) is 10.3 Å². The van der Waals surface area contributed by atoms with Gasteiger partial charge in [0.25, 0.3) is 11.5 Å². The van der Waals surface area contributed by atoms with Gasteiger partial charge >= 0.3 is 5.97 Å². The van der Waals surface area contributed by atoms with Gasteiger partial charge in [0.15, 0.2) is 6.61 Å². The number of para-hydroxylation sites is 1. The maximum absolute atomic E-state index is 12.9. The first kappa shape index (κ1) is 21.0. The maximum atomic E-state index is 12.9. The Bertz CT molecular complexity index is 1360. The molecule has 0 atom stereocenters. The van der Waals surface area contributed by atoms with E-state index in [1.807, 2.05) is 25.1 Å². The van der Waals surface area contributed by atoms with Gasteiger partial charge < -0.3 is 10.1 Å². The molecule has 7 nitrogen and oxygen atoms in total. The SMILES string of the molecule is Cc1ccc(NC(=O)COC(=O)c2ccc(-n3c(C)nc4ccccc4c3=O)cc2)cc1. The molecule has 0 bridgehead atoms. The number of benzene rings is 3. The Kier molecular flexibility index (Phi) is 5.81. The van der Waals surface area contributed by atoms with Crippen LogP contribution in [0.25, 0.3) is 16.6 Å². The van der Waals surface area contributed by atoms with Crippen LogP contribution in [-0.4, -0.2) is 28.0 Å². The van der Waals surface area contributed by atoms with Crippen LogP contribution in [0.2, 0.25) is 0 Å². The molecule has 0 saturated heterocycles. The summed E-state index contributed by atoms with van der Waals surface area (Å²) in [6.07, 6.45) is 0. The Balaban J connectivity index is 1.45. The van der Waals surface area contributed by atoms with Crippen molar-refractivity contribution in [3.63, 3.8) is 0 Å². The van der Waals surface area contributed by atoms with Crippen LogP contribution in [0, 0.1) is 13.8 Å². The molecule has 3 aromatic carbocycles. The highest BCUT2D eigenvalue weighted by atomic mass is 16.5. The number of amides is 1. The van der Waals surface area contributed by atoms with Crippen LogP contribution in [0.1, 0.15) is 21.7 Å². The fraction of sp³-hybridized carbons (Fsp3) is 0.120. The summed E-state index contributed by atoms with van der Waals surface area (Å²) in [6.45, 7) is 3.30. The van der Waals surface area contributed by atoms with Gasteiger partial charge in [0.05, 0.1) is 22.2 Å². The third-order valence-corrected chi connectivity index (χ3v) is 4.97. The predicted molar refractivity (Wildman–Crippen MR) is 122 cm³/mol. The highest BCUT2D eigenvalue weighted by molar-refractivity contribution is 5.95. The molecule has 0 radical (unpaired) electrons. The zero-order valence-corrected chi connectivity index (χ0v) is 17.7. The molecule has 7 heteroatoms. The minimum atomic E-state index is -0.628. The molecule has 0 saturated carbocycles. The number of hydrogen-bond donors (Lipinski definition) is 1. The van der Waals surface area contributed by atoms with Gasteiger partial charge in [-0.25, -0.2) is 9.78 Å². The second-order valence-corrected chi connectivity index (χ2v) is 7.35. The van der Waals surface area contributed by atoms with Crippen LogP contribution >= 0.6 is 0 Å². The number of nitrogens with one attached hydrogen (secondary N) is 1. The maximum Gasteiger partial charge on any atom is 0.338 e. The van der Waals surface area contributed by atoms with Crippen molar-refractivity contribution >= 4 is 28.5 Å². The van der Waals surface area contributed by atoms with Crippen molar-refractivity contribution < 1.29 is 14.3 Å². The van der Waals surface area contributed by atoms with E-state index in [9.17, 15) is 14.4 Å². The summed E-state index contributed by atoms with van der Waals surface area (Å²) >= 11 is 0. The molecule has 1 heterocycles. The Hall–Kier alpha value is -4.26. The van der Waals surface area contributed by atoms with E-state index in [1.54, 1.807) is 61.5 Å². The number of esters is 1. The summed E-state index contributed by atoms with van der Waals surface area (Å²) in [6, 6.07) is 20.9. The summed E-state index contributed by atoms with van der Waals surface area (Å²) in [7, 11) is 0. The second-order valence-electron chi connectivity index (χ2n) is 7.35. The van der Waals surface area contributed by atoms with Crippen LogP contribution in [0.15, 0.2) is 77.6 Å². The lowest BCUT2D eigenvalue weighted by Crippen LogP contribution is -2.22. The molecule has 4 aromatic rings. The molecule has 0 aliphatic rings. The second kappa shape index (κ2) is 8.85. The standard InChI is InChI=1S/C25H21N3O4/c1-16-7-11-19(12-8-16)27-23(29)15-32-25(31)18-9-13-20(14-10-18)28-17(2)26-22-6-4-3-5-21(22)24(28)30/h3-14H,15H2,1-2H3,(H,27,29). The molecular weight excluding hydrogens is 406 g/mol. The smallest absolute Gasteiger partial charge is 0.338 e. The number of hydrogen-bond acceptors (Lipinski definition) is 5. The molecule has 4 rings (SSSR count). The van der Waals surface area contributed by atoms with Crippen molar-refractivity contribution in [1.29, 1.82) is 0 Å². The molecule has 0 aliphatic carbocycles. The van der Waals surface area contributed by atoms with E-state index in [0.717, 1.165) is 5.56 Å². The van der Waals surface area contributed by atoms with E-state index < -0.39 is 18.5 Å². The monoisotopic (exact) mass is 427 g/mol. The lowest BCUT2D eigenvalue weighted by molar-refractivity contribution is -0.119. The van der Waals surface area contributed by atoms with Gasteiger partial charge in [-0.15, -0.1) is 0 Å². The summed E-state index contributed by atoms with van der Waals surface area (Å²) in [5, 5.41) is 3.19. The summed E-state index contributed by atoms with van der Waals surface area (Å²) in [5.74, 6) is -0.517. The van der Waals surface area contributed by atoms with Crippen molar-refractivity contribution in [3.8, 4) is 5.69 Å². The molecule has 1 N–H and O–H groups in total. The average molecular weight is 427 g/mol. The van der Waals surface area contributed by atoms with Crippen molar-refractivity contribution in [2.45, 2.75) is 13.8 Å². The third kappa shape index (κ3) is 4.41. The first-order valence-electron chi connectivity index (χ1n) is 10.0. The largest absolute Gasteiger partial charge is 0.452 e. The quantitative estimate of drug-likeness (QED) is 0.489. The average Bonchev–Trinajstić information content (AvgIpc) is 2.79. The van der Waals surface area contributed by atoms with Crippen molar-refractivity contribution in [2.75, 3.05) is 11.9 Å². The normalized spacial score (nSPS) is 10.7. The van der Waals surface area contributed by atoms with Crippen LogP contribution in [0.4, 0.5) is 5.69 Å². The van der Waals surface area contributed by atoms with Crippen LogP contribution in [0.5, 0.6) is 0 Å². The van der Waals surface area contributed by atoms with Gasteiger partial charge in [0.2, 0.25) is 0 Å². The van der Waals surface area contributed by atoms with Gasteiger partial charge in [0.1, 0.15) is 5.82 Å². The number of nitrogens with zero attached hydrogens (tertiary/aromatic N) is 2. The topological polar surface area (TPSA) is 90.3 Å².